The van der Waals surface area contributed by atoms with Crippen molar-refractivity contribution in [2.75, 3.05) is 7.11 Å². The fourth-order valence-electron chi connectivity index (χ4n) is 2.55. The molecule has 6 nitrogen and oxygen atoms in total. The zero-order valence-electron chi connectivity index (χ0n) is 14.3. The highest BCUT2D eigenvalue weighted by Gasteiger charge is 2.11. The van der Waals surface area contributed by atoms with E-state index < -0.39 is 0 Å². The summed E-state index contributed by atoms with van der Waals surface area (Å²) >= 11 is 1.45. The van der Waals surface area contributed by atoms with Crippen LogP contribution < -0.4 is 5.69 Å². The fourth-order valence-corrected chi connectivity index (χ4v) is 3.47. The molecule has 1 aromatic heterocycles. The van der Waals surface area contributed by atoms with Gasteiger partial charge in [-0.05, 0) is 29.7 Å². The lowest BCUT2D eigenvalue weighted by molar-refractivity contribution is 0.0600. The summed E-state index contributed by atoms with van der Waals surface area (Å²) in [6.07, 6.45) is 0.756. The van der Waals surface area contributed by atoms with Crippen molar-refractivity contribution in [3.05, 3.63) is 81.8 Å². The van der Waals surface area contributed by atoms with E-state index in [4.69, 9.17) is 4.74 Å². The van der Waals surface area contributed by atoms with Gasteiger partial charge in [-0.2, -0.15) is 0 Å². The van der Waals surface area contributed by atoms with Crippen LogP contribution in [0.2, 0.25) is 0 Å². The first-order valence-corrected chi connectivity index (χ1v) is 9.15. The van der Waals surface area contributed by atoms with Gasteiger partial charge in [0.1, 0.15) is 0 Å². The third kappa shape index (κ3) is 4.43. The molecule has 1 heterocycles. The SMILES string of the molecule is COC(=O)c1cccc(CSc2n[nH]c(=O)n2CCc2ccccc2)c1. The summed E-state index contributed by atoms with van der Waals surface area (Å²) in [5.74, 6) is 0.233. The molecule has 0 unspecified atom stereocenters. The zero-order chi connectivity index (χ0) is 18.4. The Morgan fingerprint density at radius 3 is 2.69 bits per heavy atom. The number of hydrogen-bond acceptors (Lipinski definition) is 5. The van der Waals surface area contributed by atoms with E-state index in [0.29, 0.717) is 23.0 Å². The Bertz CT molecular complexity index is 934. The van der Waals surface area contributed by atoms with E-state index in [9.17, 15) is 9.59 Å². The number of nitrogens with one attached hydrogen (secondary N) is 1. The summed E-state index contributed by atoms with van der Waals surface area (Å²) in [6.45, 7) is 0.559. The maximum Gasteiger partial charge on any atom is 0.343 e. The molecule has 0 aliphatic rings. The molecule has 0 radical (unpaired) electrons. The van der Waals surface area contributed by atoms with E-state index >= 15 is 0 Å². The number of aromatic amines is 1. The molecule has 7 heteroatoms. The number of hydrogen-bond donors (Lipinski definition) is 1. The van der Waals surface area contributed by atoms with Crippen LogP contribution in [0.25, 0.3) is 0 Å². The molecule has 134 valence electrons. The van der Waals surface area contributed by atoms with Gasteiger partial charge in [-0.1, -0.05) is 54.2 Å². The first-order chi connectivity index (χ1) is 12.7. The van der Waals surface area contributed by atoms with Gasteiger partial charge in [0.25, 0.3) is 0 Å². The number of H-pyrrole nitrogens is 1. The van der Waals surface area contributed by atoms with E-state index in [-0.39, 0.29) is 11.7 Å². The molecule has 2 aromatic carbocycles. The van der Waals surface area contributed by atoms with Crippen molar-refractivity contribution in [3.63, 3.8) is 0 Å². The number of carbonyl (C=O) groups is 1. The van der Waals surface area contributed by atoms with E-state index in [1.54, 1.807) is 16.7 Å². The fraction of sp³-hybridized carbons (Fsp3) is 0.211. The molecule has 0 atom stereocenters. The normalized spacial score (nSPS) is 10.7. The minimum atomic E-state index is -0.364. The van der Waals surface area contributed by atoms with Crippen LogP contribution in [0.4, 0.5) is 0 Å². The van der Waals surface area contributed by atoms with Crippen LogP contribution in [-0.4, -0.2) is 27.8 Å². The number of thioether (sulfide) groups is 1. The van der Waals surface area contributed by atoms with Gasteiger partial charge in [0, 0.05) is 12.3 Å². The van der Waals surface area contributed by atoms with Crippen molar-refractivity contribution in [1.29, 1.82) is 0 Å². The number of aryl methyl sites for hydroxylation is 1. The highest BCUT2D eigenvalue weighted by atomic mass is 32.2. The number of methoxy groups -OCH3 is 1. The van der Waals surface area contributed by atoms with Crippen molar-refractivity contribution in [3.8, 4) is 0 Å². The average molecular weight is 369 g/mol. The van der Waals surface area contributed by atoms with Crippen LogP contribution in [0, 0.1) is 0 Å². The maximum absolute atomic E-state index is 12.0. The molecule has 0 amide bonds. The van der Waals surface area contributed by atoms with Crippen LogP contribution >= 0.6 is 11.8 Å². The number of rotatable bonds is 7. The van der Waals surface area contributed by atoms with Gasteiger partial charge in [0.05, 0.1) is 12.7 Å². The molecule has 0 fully saturated rings. The molecule has 3 rings (SSSR count). The van der Waals surface area contributed by atoms with Crippen molar-refractivity contribution in [2.24, 2.45) is 0 Å². The molecule has 0 aliphatic heterocycles. The van der Waals surface area contributed by atoms with E-state index in [0.717, 1.165) is 12.0 Å². The van der Waals surface area contributed by atoms with E-state index in [1.807, 2.05) is 42.5 Å². The molecule has 0 aliphatic carbocycles. The quantitative estimate of drug-likeness (QED) is 0.512. The summed E-state index contributed by atoms with van der Waals surface area (Å²) in [4.78, 5) is 23.7. The van der Waals surface area contributed by atoms with Crippen molar-refractivity contribution in [1.82, 2.24) is 14.8 Å². The Labute approximate surface area is 155 Å². The number of esters is 1. The second-order valence-electron chi connectivity index (χ2n) is 5.68. The maximum atomic E-state index is 12.0. The second-order valence-corrected chi connectivity index (χ2v) is 6.62. The van der Waals surface area contributed by atoms with Gasteiger partial charge in [-0.3, -0.25) is 4.57 Å². The Hall–Kier alpha value is -2.80. The van der Waals surface area contributed by atoms with Crippen molar-refractivity contribution >= 4 is 17.7 Å². The van der Waals surface area contributed by atoms with Crippen LogP contribution in [-0.2, 0) is 23.5 Å². The molecule has 0 saturated carbocycles. The van der Waals surface area contributed by atoms with Crippen molar-refractivity contribution in [2.45, 2.75) is 23.9 Å². The van der Waals surface area contributed by atoms with E-state index in [2.05, 4.69) is 10.2 Å². The third-order valence-electron chi connectivity index (χ3n) is 3.91. The predicted octanol–water partition coefficient (Wildman–Crippen LogP) is 2.89. The number of ether oxygens (including phenoxy) is 1. The Morgan fingerprint density at radius 2 is 1.92 bits per heavy atom. The zero-order valence-corrected chi connectivity index (χ0v) is 15.2. The molecular formula is C19H19N3O3S. The predicted molar refractivity (Wildman–Crippen MR) is 100 cm³/mol. The van der Waals surface area contributed by atoms with Crippen LogP contribution in [0.5, 0.6) is 0 Å². The summed E-state index contributed by atoms with van der Waals surface area (Å²) < 4.78 is 6.38. The molecule has 0 spiro atoms. The lowest BCUT2D eigenvalue weighted by Gasteiger charge is -2.07. The van der Waals surface area contributed by atoms with Crippen LogP contribution in [0.15, 0.2) is 64.5 Å². The Morgan fingerprint density at radius 1 is 1.15 bits per heavy atom. The molecular weight excluding hydrogens is 350 g/mol. The summed E-state index contributed by atoms with van der Waals surface area (Å²) in [7, 11) is 1.36. The van der Waals surface area contributed by atoms with Crippen LogP contribution in [0.1, 0.15) is 21.5 Å². The van der Waals surface area contributed by atoms with Crippen LogP contribution in [0.3, 0.4) is 0 Å². The number of aromatic nitrogens is 3. The summed E-state index contributed by atoms with van der Waals surface area (Å²) in [5.41, 5.74) is 2.42. The van der Waals surface area contributed by atoms with Gasteiger partial charge in [-0.15, -0.1) is 5.10 Å². The molecule has 1 N–H and O–H groups in total. The molecule has 3 aromatic rings. The first kappa shape index (κ1) is 18.0. The standard InChI is InChI=1S/C19H19N3O3S/c1-25-17(23)16-9-5-8-15(12-16)13-26-19-21-20-18(24)22(19)11-10-14-6-3-2-4-7-14/h2-9,12H,10-11,13H2,1H3,(H,20,24). The van der Waals surface area contributed by atoms with E-state index in [1.165, 1.54) is 24.4 Å². The lowest BCUT2D eigenvalue weighted by atomic mass is 10.1. The minimum absolute atomic E-state index is 0.216. The lowest BCUT2D eigenvalue weighted by Crippen LogP contribution is -2.18. The highest BCUT2D eigenvalue weighted by Crippen LogP contribution is 2.21. The number of carbonyl (C=O) groups excluding carboxylic acids is 1. The molecule has 26 heavy (non-hydrogen) atoms. The smallest absolute Gasteiger partial charge is 0.343 e. The second kappa shape index (κ2) is 8.53. The number of benzene rings is 2. The van der Waals surface area contributed by atoms with Gasteiger partial charge in [-0.25, -0.2) is 14.7 Å². The van der Waals surface area contributed by atoms with Gasteiger partial charge in [0.15, 0.2) is 5.16 Å². The molecule has 0 saturated heterocycles. The third-order valence-corrected chi connectivity index (χ3v) is 4.95. The van der Waals surface area contributed by atoms with Crippen molar-refractivity contribution < 1.29 is 9.53 Å². The van der Waals surface area contributed by atoms with Gasteiger partial charge < -0.3 is 4.74 Å². The van der Waals surface area contributed by atoms with Gasteiger partial charge in [0.2, 0.25) is 0 Å². The monoisotopic (exact) mass is 369 g/mol. The average Bonchev–Trinajstić information content (AvgIpc) is 3.04. The summed E-state index contributed by atoms with van der Waals surface area (Å²) in [6, 6.07) is 17.3. The highest BCUT2D eigenvalue weighted by molar-refractivity contribution is 7.98. The Balaban J connectivity index is 1.67. The number of nitrogens with zero attached hydrogens (tertiary/aromatic N) is 2. The van der Waals surface area contributed by atoms with Gasteiger partial charge >= 0.3 is 11.7 Å². The first-order valence-electron chi connectivity index (χ1n) is 8.16. The molecule has 0 bridgehead atoms. The largest absolute Gasteiger partial charge is 0.465 e. The summed E-state index contributed by atoms with van der Waals surface area (Å²) in [5, 5.41) is 7.26. The topological polar surface area (TPSA) is 77.0 Å². The minimum Gasteiger partial charge on any atom is -0.465 e. The Kier molecular flexibility index (Phi) is 5.91.